The number of anilines is 1. The summed E-state index contributed by atoms with van der Waals surface area (Å²) in [6.07, 6.45) is 2.95. The highest BCUT2D eigenvalue weighted by molar-refractivity contribution is 5.50. The summed E-state index contributed by atoms with van der Waals surface area (Å²) in [5, 5.41) is 12.9. The Morgan fingerprint density at radius 2 is 2.25 bits per heavy atom. The van der Waals surface area contributed by atoms with Crippen LogP contribution in [0.4, 0.5) is 5.69 Å². The predicted molar refractivity (Wildman–Crippen MR) is 64.9 cm³/mol. The number of phenols is 1. The summed E-state index contributed by atoms with van der Waals surface area (Å²) in [4.78, 5) is 0. The third-order valence-electron chi connectivity index (χ3n) is 3.06. The largest absolute Gasteiger partial charge is 0.508 e. The molecule has 3 nitrogen and oxygen atoms in total. The summed E-state index contributed by atoms with van der Waals surface area (Å²) in [7, 11) is 0. The fourth-order valence-corrected chi connectivity index (χ4v) is 1.99. The van der Waals surface area contributed by atoms with Gasteiger partial charge in [-0.3, -0.25) is 0 Å². The second-order valence-electron chi connectivity index (χ2n) is 4.53. The Labute approximate surface area is 96.4 Å². The van der Waals surface area contributed by atoms with Crippen molar-refractivity contribution < 1.29 is 9.84 Å². The van der Waals surface area contributed by atoms with Gasteiger partial charge < -0.3 is 15.2 Å². The van der Waals surface area contributed by atoms with Crippen LogP contribution in [0.1, 0.15) is 25.3 Å². The molecule has 1 aliphatic heterocycles. The highest BCUT2D eigenvalue weighted by Gasteiger charge is 2.21. The summed E-state index contributed by atoms with van der Waals surface area (Å²) in [5.74, 6) is 0.339. The first-order chi connectivity index (χ1) is 7.65. The number of rotatable bonds is 3. The fourth-order valence-electron chi connectivity index (χ4n) is 1.99. The number of ether oxygens (including phenoxy) is 1. The van der Waals surface area contributed by atoms with Crippen LogP contribution in [0, 0.1) is 6.92 Å². The lowest BCUT2D eigenvalue weighted by atomic mass is 10.2. The van der Waals surface area contributed by atoms with Crippen molar-refractivity contribution in [3.8, 4) is 5.75 Å². The van der Waals surface area contributed by atoms with E-state index < -0.39 is 0 Å². The van der Waals surface area contributed by atoms with E-state index in [1.165, 1.54) is 0 Å². The van der Waals surface area contributed by atoms with Gasteiger partial charge in [0.2, 0.25) is 0 Å². The Kier molecular flexibility index (Phi) is 3.34. The number of aromatic hydroxyl groups is 1. The quantitative estimate of drug-likeness (QED) is 0.824. The first-order valence-electron chi connectivity index (χ1n) is 5.84. The van der Waals surface area contributed by atoms with Gasteiger partial charge >= 0.3 is 0 Å². The molecule has 0 amide bonds. The van der Waals surface area contributed by atoms with Crippen molar-refractivity contribution in [2.75, 3.05) is 11.9 Å². The molecule has 2 rings (SSSR count). The van der Waals surface area contributed by atoms with E-state index in [-0.39, 0.29) is 0 Å². The van der Waals surface area contributed by atoms with E-state index in [0.29, 0.717) is 18.0 Å². The van der Waals surface area contributed by atoms with Gasteiger partial charge in [0.05, 0.1) is 12.2 Å². The average molecular weight is 221 g/mol. The maximum atomic E-state index is 9.56. The molecule has 2 N–H and O–H groups in total. The smallest absolute Gasteiger partial charge is 0.120 e. The number of nitrogens with one attached hydrogen (secondary N) is 1. The highest BCUT2D eigenvalue weighted by atomic mass is 16.5. The molecule has 0 saturated carbocycles. The lowest BCUT2D eigenvalue weighted by Gasteiger charge is -2.13. The van der Waals surface area contributed by atoms with Gasteiger partial charge in [0.15, 0.2) is 0 Å². The number of benzene rings is 1. The zero-order valence-corrected chi connectivity index (χ0v) is 9.86. The highest BCUT2D eigenvalue weighted by Crippen LogP contribution is 2.23. The summed E-state index contributed by atoms with van der Waals surface area (Å²) in [6.45, 7) is 4.81. The summed E-state index contributed by atoms with van der Waals surface area (Å²) >= 11 is 0. The van der Waals surface area contributed by atoms with Crippen LogP contribution in [-0.4, -0.2) is 23.9 Å². The Morgan fingerprint density at radius 3 is 2.88 bits per heavy atom. The lowest BCUT2D eigenvalue weighted by molar-refractivity contribution is 0.0637. The Hall–Kier alpha value is -1.22. The van der Waals surface area contributed by atoms with E-state index >= 15 is 0 Å². The Balaban J connectivity index is 1.87. The molecule has 2 atom stereocenters. The summed E-state index contributed by atoms with van der Waals surface area (Å²) in [6, 6.07) is 5.65. The molecular weight excluding hydrogens is 202 g/mol. The molecule has 1 aliphatic rings. The van der Waals surface area contributed by atoms with E-state index in [2.05, 4.69) is 12.2 Å². The van der Waals surface area contributed by atoms with Crippen molar-refractivity contribution in [2.24, 2.45) is 0 Å². The van der Waals surface area contributed by atoms with Crippen LogP contribution in [0.3, 0.4) is 0 Å². The molecular formula is C13H19NO2. The second kappa shape index (κ2) is 4.74. The van der Waals surface area contributed by atoms with Gasteiger partial charge in [0.1, 0.15) is 5.75 Å². The van der Waals surface area contributed by atoms with Gasteiger partial charge in [-0.1, -0.05) is 6.07 Å². The molecule has 0 aliphatic carbocycles. The molecule has 88 valence electrons. The minimum Gasteiger partial charge on any atom is -0.508 e. The van der Waals surface area contributed by atoms with Crippen LogP contribution < -0.4 is 5.32 Å². The van der Waals surface area contributed by atoms with Crippen molar-refractivity contribution in [3.05, 3.63) is 23.8 Å². The van der Waals surface area contributed by atoms with Gasteiger partial charge in [-0.2, -0.15) is 0 Å². The van der Waals surface area contributed by atoms with Crippen LogP contribution in [0.15, 0.2) is 18.2 Å². The molecule has 1 fully saturated rings. The van der Waals surface area contributed by atoms with Gasteiger partial charge in [0, 0.05) is 18.3 Å². The van der Waals surface area contributed by atoms with Crippen molar-refractivity contribution in [1.82, 2.24) is 0 Å². The molecule has 1 aromatic carbocycles. The number of aryl methyl sites for hydroxylation is 1. The van der Waals surface area contributed by atoms with Crippen LogP contribution >= 0.6 is 0 Å². The minimum atomic E-state index is 0.304. The maximum absolute atomic E-state index is 9.56. The van der Waals surface area contributed by atoms with Crippen molar-refractivity contribution in [2.45, 2.75) is 38.9 Å². The maximum Gasteiger partial charge on any atom is 0.120 e. The second-order valence-corrected chi connectivity index (χ2v) is 4.53. The van der Waals surface area contributed by atoms with Crippen LogP contribution in [0.25, 0.3) is 0 Å². The summed E-state index contributed by atoms with van der Waals surface area (Å²) < 4.78 is 5.71. The normalized spacial score (nSPS) is 24.6. The zero-order valence-electron chi connectivity index (χ0n) is 9.86. The molecule has 3 heteroatoms. The van der Waals surface area contributed by atoms with Gasteiger partial charge in [-0.05, 0) is 38.3 Å². The molecule has 0 radical (unpaired) electrons. The average Bonchev–Trinajstić information content (AvgIpc) is 2.66. The molecule has 2 unspecified atom stereocenters. The lowest BCUT2D eigenvalue weighted by Crippen LogP contribution is -2.19. The van der Waals surface area contributed by atoms with Crippen LogP contribution in [-0.2, 0) is 4.74 Å². The predicted octanol–water partition coefficient (Wildman–Crippen LogP) is 2.68. The zero-order chi connectivity index (χ0) is 11.5. The summed E-state index contributed by atoms with van der Waals surface area (Å²) in [5.41, 5.74) is 1.85. The number of phenolic OH excluding ortho intramolecular Hbond substituents is 1. The third-order valence-corrected chi connectivity index (χ3v) is 3.06. The molecule has 1 saturated heterocycles. The number of hydrogen-bond donors (Lipinski definition) is 2. The monoisotopic (exact) mass is 221 g/mol. The van der Waals surface area contributed by atoms with Gasteiger partial charge in [-0.25, -0.2) is 0 Å². The fraction of sp³-hybridized carbons (Fsp3) is 0.538. The Bertz CT molecular complexity index is 365. The van der Waals surface area contributed by atoms with Crippen LogP contribution in [0.2, 0.25) is 0 Å². The molecule has 0 spiro atoms. The molecule has 0 bridgehead atoms. The number of hydrogen-bond acceptors (Lipinski definition) is 3. The standard InChI is InChI=1S/C13H19NO2/c1-9-3-5-11(7-13(9)15)14-8-12-6-4-10(2)16-12/h3,5,7,10,12,14-15H,4,6,8H2,1-2H3. The SMILES string of the molecule is Cc1ccc(NCC2CCC(C)O2)cc1O. The van der Waals surface area contributed by atoms with E-state index in [4.69, 9.17) is 4.74 Å². The molecule has 0 aromatic heterocycles. The van der Waals surface area contributed by atoms with Crippen LogP contribution in [0.5, 0.6) is 5.75 Å². The van der Waals surface area contributed by atoms with Crippen molar-refractivity contribution in [3.63, 3.8) is 0 Å². The molecule has 16 heavy (non-hydrogen) atoms. The van der Waals surface area contributed by atoms with E-state index in [1.54, 1.807) is 6.07 Å². The van der Waals surface area contributed by atoms with E-state index in [0.717, 1.165) is 30.6 Å². The van der Waals surface area contributed by atoms with Crippen molar-refractivity contribution >= 4 is 5.69 Å². The minimum absolute atomic E-state index is 0.304. The first-order valence-corrected chi connectivity index (χ1v) is 5.84. The van der Waals surface area contributed by atoms with Crippen molar-refractivity contribution in [1.29, 1.82) is 0 Å². The topological polar surface area (TPSA) is 41.5 Å². The molecule has 1 aromatic rings. The Morgan fingerprint density at radius 1 is 1.44 bits per heavy atom. The van der Waals surface area contributed by atoms with Gasteiger partial charge in [0.25, 0.3) is 0 Å². The molecule has 1 heterocycles. The van der Waals surface area contributed by atoms with Gasteiger partial charge in [-0.15, -0.1) is 0 Å². The first kappa shape index (κ1) is 11.3. The third kappa shape index (κ3) is 2.67. The van der Waals surface area contributed by atoms with E-state index in [1.807, 2.05) is 19.1 Å². The van der Waals surface area contributed by atoms with E-state index in [9.17, 15) is 5.11 Å².